The van der Waals surface area contributed by atoms with E-state index in [2.05, 4.69) is 54.7 Å². The van der Waals surface area contributed by atoms with Crippen LogP contribution in [-0.2, 0) is 0 Å². The van der Waals surface area contributed by atoms with Gasteiger partial charge in [-0.25, -0.2) is 0 Å². The van der Waals surface area contributed by atoms with Crippen molar-refractivity contribution in [3.63, 3.8) is 0 Å². The second-order valence-corrected chi connectivity index (χ2v) is 3.38. The molecule has 0 saturated carbocycles. The minimum Gasteiger partial charge on any atom is -0.0836 e. The SMILES string of the molecule is C1=CCC=C([C@H]2C=CC=CC2)C=C1. The summed E-state index contributed by atoms with van der Waals surface area (Å²) in [7, 11) is 0. The molecule has 1 atom stereocenters. The maximum atomic E-state index is 2.31. The Morgan fingerprint density at radius 2 is 1.92 bits per heavy atom. The number of allylic oxidation sites excluding steroid dienone is 10. The molecule has 0 unspecified atom stereocenters. The minimum absolute atomic E-state index is 0.598. The van der Waals surface area contributed by atoms with E-state index in [1.165, 1.54) is 5.57 Å². The Morgan fingerprint density at radius 1 is 1.00 bits per heavy atom. The first-order chi connectivity index (χ1) is 6.47. The van der Waals surface area contributed by atoms with E-state index in [0.717, 1.165) is 12.8 Å². The zero-order chi connectivity index (χ0) is 8.93. The van der Waals surface area contributed by atoms with E-state index in [1.807, 2.05) is 0 Å². The first-order valence-electron chi connectivity index (χ1n) is 4.83. The molecule has 0 nitrogen and oxygen atoms in total. The fourth-order valence-electron chi connectivity index (χ4n) is 1.70. The zero-order valence-electron chi connectivity index (χ0n) is 7.69. The molecule has 0 aromatic heterocycles. The first kappa shape index (κ1) is 8.31. The zero-order valence-corrected chi connectivity index (χ0v) is 7.69. The molecule has 0 bridgehead atoms. The minimum atomic E-state index is 0.598. The Morgan fingerprint density at radius 3 is 2.77 bits per heavy atom. The quantitative estimate of drug-likeness (QED) is 0.564. The van der Waals surface area contributed by atoms with Crippen molar-refractivity contribution in [2.75, 3.05) is 0 Å². The van der Waals surface area contributed by atoms with Gasteiger partial charge < -0.3 is 0 Å². The van der Waals surface area contributed by atoms with E-state index in [4.69, 9.17) is 0 Å². The van der Waals surface area contributed by atoms with Crippen LogP contribution in [0.25, 0.3) is 0 Å². The average Bonchev–Trinajstić information content (AvgIpc) is 2.47. The molecule has 66 valence electrons. The lowest BCUT2D eigenvalue weighted by molar-refractivity contribution is 0.783. The molecule has 2 aliphatic carbocycles. The van der Waals surface area contributed by atoms with Crippen LogP contribution in [0, 0.1) is 5.92 Å². The van der Waals surface area contributed by atoms with Crippen LogP contribution >= 0.6 is 0 Å². The lowest BCUT2D eigenvalue weighted by Gasteiger charge is -2.13. The molecule has 0 aromatic carbocycles. The molecule has 0 aromatic rings. The topological polar surface area (TPSA) is 0 Å². The van der Waals surface area contributed by atoms with Gasteiger partial charge in [-0.15, -0.1) is 0 Å². The highest BCUT2D eigenvalue weighted by Gasteiger charge is 2.08. The molecule has 0 spiro atoms. The highest BCUT2D eigenvalue weighted by Crippen LogP contribution is 2.23. The summed E-state index contributed by atoms with van der Waals surface area (Å²) in [4.78, 5) is 0. The highest BCUT2D eigenvalue weighted by atomic mass is 14.1. The van der Waals surface area contributed by atoms with Crippen molar-refractivity contribution >= 4 is 0 Å². The fraction of sp³-hybridized carbons (Fsp3) is 0.231. The summed E-state index contributed by atoms with van der Waals surface area (Å²) in [5, 5.41) is 0. The standard InChI is InChI=1S/C13H14/c1-2-5-9-12(8-4-1)13-10-6-3-7-11-13/h1-4,6-10,13H,5,11H2/t13-/m0/s1. The van der Waals surface area contributed by atoms with Crippen LogP contribution in [0.2, 0.25) is 0 Å². The third-order valence-corrected chi connectivity index (χ3v) is 2.43. The Balaban J connectivity index is 2.12. The normalized spacial score (nSPS) is 25.8. The number of hydrogen-bond donors (Lipinski definition) is 0. The van der Waals surface area contributed by atoms with Crippen LogP contribution in [-0.4, -0.2) is 0 Å². The van der Waals surface area contributed by atoms with E-state index in [1.54, 1.807) is 0 Å². The molecule has 0 aliphatic heterocycles. The van der Waals surface area contributed by atoms with Gasteiger partial charge in [-0.05, 0) is 18.4 Å². The lowest BCUT2D eigenvalue weighted by Crippen LogP contribution is -1.99. The second kappa shape index (κ2) is 4.08. The van der Waals surface area contributed by atoms with Gasteiger partial charge in [0, 0.05) is 5.92 Å². The third kappa shape index (κ3) is 2.09. The summed E-state index contributed by atoms with van der Waals surface area (Å²) in [6.45, 7) is 0. The van der Waals surface area contributed by atoms with Gasteiger partial charge in [0.05, 0.1) is 0 Å². The van der Waals surface area contributed by atoms with Crippen LogP contribution < -0.4 is 0 Å². The van der Waals surface area contributed by atoms with Crippen LogP contribution in [0.5, 0.6) is 0 Å². The van der Waals surface area contributed by atoms with Crippen molar-refractivity contribution in [1.29, 1.82) is 0 Å². The van der Waals surface area contributed by atoms with Gasteiger partial charge in [0.25, 0.3) is 0 Å². The van der Waals surface area contributed by atoms with Crippen LogP contribution in [0.4, 0.5) is 0 Å². The Kier molecular flexibility index (Phi) is 2.61. The summed E-state index contributed by atoms with van der Waals surface area (Å²) in [5.74, 6) is 0.598. The van der Waals surface area contributed by atoms with Crippen molar-refractivity contribution in [2.45, 2.75) is 12.8 Å². The molecule has 2 aliphatic rings. The summed E-state index contributed by atoms with van der Waals surface area (Å²) in [5.41, 5.74) is 1.45. The average molecular weight is 170 g/mol. The maximum absolute atomic E-state index is 2.31. The smallest absolute Gasteiger partial charge is 0.00526 e. The predicted molar refractivity (Wildman–Crippen MR) is 57.4 cm³/mol. The lowest BCUT2D eigenvalue weighted by atomic mass is 9.91. The predicted octanol–water partition coefficient (Wildman–Crippen LogP) is 3.56. The molecular formula is C13H14. The molecule has 13 heavy (non-hydrogen) atoms. The molecule has 0 fully saturated rings. The van der Waals surface area contributed by atoms with Gasteiger partial charge in [-0.2, -0.15) is 0 Å². The van der Waals surface area contributed by atoms with Crippen molar-refractivity contribution in [3.05, 3.63) is 60.3 Å². The summed E-state index contributed by atoms with van der Waals surface area (Å²) >= 11 is 0. The molecule has 2 rings (SSSR count). The molecule has 0 saturated heterocycles. The molecule has 0 heteroatoms. The van der Waals surface area contributed by atoms with Gasteiger partial charge in [-0.1, -0.05) is 54.7 Å². The fourth-order valence-corrected chi connectivity index (χ4v) is 1.70. The van der Waals surface area contributed by atoms with Crippen molar-refractivity contribution in [1.82, 2.24) is 0 Å². The van der Waals surface area contributed by atoms with Crippen LogP contribution in [0.15, 0.2) is 60.3 Å². The van der Waals surface area contributed by atoms with E-state index in [0.29, 0.717) is 5.92 Å². The van der Waals surface area contributed by atoms with E-state index < -0.39 is 0 Å². The van der Waals surface area contributed by atoms with Crippen LogP contribution in [0.1, 0.15) is 12.8 Å². The van der Waals surface area contributed by atoms with Crippen molar-refractivity contribution in [3.8, 4) is 0 Å². The molecule has 0 N–H and O–H groups in total. The van der Waals surface area contributed by atoms with E-state index in [-0.39, 0.29) is 0 Å². The van der Waals surface area contributed by atoms with E-state index in [9.17, 15) is 0 Å². The summed E-state index contributed by atoms with van der Waals surface area (Å²) in [6, 6.07) is 0. The second-order valence-electron chi connectivity index (χ2n) is 3.38. The summed E-state index contributed by atoms with van der Waals surface area (Å²) in [6.07, 6.45) is 22.0. The highest BCUT2D eigenvalue weighted by molar-refractivity contribution is 5.33. The van der Waals surface area contributed by atoms with Gasteiger partial charge in [-0.3, -0.25) is 0 Å². The number of rotatable bonds is 1. The van der Waals surface area contributed by atoms with E-state index >= 15 is 0 Å². The monoisotopic (exact) mass is 170 g/mol. The van der Waals surface area contributed by atoms with Crippen molar-refractivity contribution < 1.29 is 0 Å². The largest absolute Gasteiger partial charge is 0.0836 e. The molecular weight excluding hydrogens is 156 g/mol. The Hall–Kier alpha value is -1.30. The van der Waals surface area contributed by atoms with Crippen molar-refractivity contribution in [2.24, 2.45) is 5.92 Å². The first-order valence-corrected chi connectivity index (χ1v) is 4.83. The Labute approximate surface area is 79.7 Å². The van der Waals surface area contributed by atoms with Gasteiger partial charge in [0.15, 0.2) is 0 Å². The molecule has 0 amide bonds. The van der Waals surface area contributed by atoms with Gasteiger partial charge >= 0.3 is 0 Å². The van der Waals surface area contributed by atoms with Gasteiger partial charge in [0.2, 0.25) is 0 Å². The number of hydrogen-bond acceptors (Lipinski definition) is 0. The van der Waals surface area contributed by atoms with Gasteiger partial charge in [0.1, 0.15) is 0 Å². The van der Waals surface area contributed by atoms with Crippen LogP contribution in [0.3, 0.4) is 0 Å². The Bertz CT molecular complexity index is 311. The summed E-state index contributed by atoms with van der Waals surface area (Å²) < 4.78 is 0. The maximum Gasteiger partial charge on any atom is 0.00526 e. The third-order valence-electron chi connectivity index (χ3n) is 2.43. The molecule has 0 heterocycles. The molecule has 0 radical (unpaired) electrons.